The molecule has 1 rings (SSSR count). The number of benzene rings is 1. The van der Waals surface area contributed by atoms with Crippen molar-refractivity contribution in [3.63, 3.8) is 0 Å². The topological polar surface area (TPSA) is 95.9 Å². The van der Waals surface area contributed by atoms with Crippen LogP contribution in [0.1, 0.15) is 5.56 Å². The highest BCUT2D eigenvalue weighted by Crippen LogP contribution is 2.17. The molecule has 1 aromatic carbocycles. The monoisotopic (exact) mass is 271 g/mol. The second-order valence-electron chi connectivity index (χ2n) is 3.79. The summed E-state index contributed by atoms with van der Waals surface area (Å²) < 4.78 is 18.1. The van der Waals surface area contributed by atoms with E-state index in [1.807, 2.05) is 0 Å². The van der Waals surface area contributed by atoms with Crippen LogP contribution in [0.5, 0.6) is 5.75 Å². The molecule has 104 valence electrons. The summed E-state index contributed by atoms with van der Waals surface area (Å²) in [4.78, 5) is 22.1. The van der Waals surface area contributed by atoms with Crippen LogP contribution in [-0.4, -0.2) is 41.8 Å². The minimum Gasteiger partial charge on any atom is -0.494 e. The summed E-state index contributed by atoms with van der Waals surface area (Å²) in [7, 11) is 1.32. The van der Waals surface area contributed by atoms with Gasteiger partial charge in [0.2, 0.25) is 5.91 Å². The zero-order valence-electron chi connectivity index (χ0n) is 10.2. The number of carbonyl (C=O) groups excluding carboxylic acids is 1. The van der Waals surface area contributed by atoms with Crippen LogP contribution in [0.2, 0.25) is 0 Å². The van der Waals surface area contributed by atoms with Crippen molar-refractivity contribution < 1.29 is 28.9 Å². The quantitative estimate of drug-likeness (QED) is 0.673. The van der Waals surface area contributed by atoms with Crippen molar-refractivity contribution in [1.82, 2.24) is 5.32 Å². The van der Waals surface area contributed by atoms with E-state index in [0.29, 0.717) is 5.56 Å². The molecule has 7 heteroatoms. The van der Waals surface area contributed by atoms with Crippen molar-refractivity contribution >= 4 is 11.9 Å². The molecular formula is C12H14FNO5. The van der Waals surface area contributed by atoms with Gasteiger partial charge in [-0.25, -0.2) is 9.18 Å². The fourth-order valence-electron chi connectivity index (χ4n) is 1.44. The third kappa shape index (κ3) is 4.22. The van der Waals surface area contributed by atoms with Gasteiger partial charge in [0.15, 0.2) is 11.6 Å². The van der Waals surface area contributed by atoms with Crippen LogP contribution < -0.4 is 10.1 Å². The normalized spacial score (nSPS) is 11.7. The van der Waals surface area contributed by atoms with E-state index in [1.54, 1.807) is 0 Å². The zero-order chi connectivity index (χ0) is 14.4. The second kappa shape index (κ2) is 6.69. The van der Waals surface area contributed by atoms with Gasteiger partial charge in [0.25, 0.3) is 0 Å². The number of nitrogens with one attached hydrogen (secondary N) is 1. The van der Waals surface area contributed by atoms with Crippen LogP contribution in [0.25, 0.3) is 0 Å². The van der Waals surface area contributed by atoms with Gasteiger partial charge in [-0.3, -0.25) is 4.79 Å². The first-order chi connectivity index (χ1) is 8.97. The van der Waals surface area contributed by atoms with Crippen molar-refractivity contribution in [2.45, 2.75) is 12.5 Å². The molecule has 0 saturated carbocycles. The molecule has 0 saturated heterocycles. The van der Waals surface area contributed by atoms with Gasteiger partial charge in [0.05, 0.1) is 20.1 Å². The highest BCUT2D eigenvalue weighted by Gasteiger charge is 2.18. The number of amides is 1. The average Bonchev–Trinajstić information content (AvgIpc) is 2.35. The van der Waals surface area contributed by atoms with E-state index in [1.165, 1.54) is 19.2 Å². The minimum atomic E-state index is -1.37. The lowest BCUT2D eigenvalue weighted by molar-refractivity contribution is -0.142. The van der Waals surface area contributed by atoms with E-state index in [9.17, 15) is 14.0 Å². The molecule has 3 N–H and O–H groups in total. The lowest BCUT2D eigenvalue weighted by Crippen LogP contribution is -2.43. The minimum absolute atomic E-state index is 0.0583. The van der Waals surface area contributed by atoms with E-state index < -0.39 is 30.3 Å². The van der Waals surface area contributed by atoms with Gasteiger partial charge >= 0.3 is 5.97 Å². The summed E-state index contributed by atoms with van der Waals surface area (Å²) in [5.41, 5.74) is 0.373. The summed E-state index contributed by atoms with van der Waals surface area (Å²) in [5.74, 6) is -2.50. The predicted molar refractivity (Wildman–Crippen MR) is 63.3 cm³/mol. The van der Waals surface area contributed by atoms with Crippen LogP contribution in [0, 0.1) is 5.82 Å². The molecular weight excluding hydrogens is 257 g/mol. The molecule has 1 aromatic rings. The molecule has 0 aromatic heterocycles. The van der Waals surface area contributed by atoms with Gasteiger partial charge in [-0.05, 0) is 17.7 Å². The second-order valence-corrected chi connectivity index (χ2v) is 3.79. The van der Waals surface area contributed by atoms with Crippen molar-refractivity contribution in [1.29, 1.82) is 0 Å². The van der Waals surface area contributed by atoms with Crippen LogP contribution in [-0.2, 0) is 16.0 Å². The molecule has 6 nitrogen and oxygen atoms in total. The maximum atomic E-state index is 13.4. The van der Waals surface area contributed by atoms with Crippen molar-refractivity contribution in [2.24, 2.45) is 0 Å². The zero-order valence-corrected chi connectivity index (χ0v) is 10.2. The average molecular weight is 271 g/mol. The van der Waals surface area contributed by atoms with Gasteiger partial charge in [-0.15, -0.1) is 0 Å². The maximum absolute atomic E-state index is 13.4. The smallest absolute Gasteiger partial charge is 0.328 e. The van der Waals surface area contributed by atoms with Gasteiger partial charge in [0, 0.05) is 0 Å². The molecule has 0 aliphatic carbocycles. The Morgan fingerprint density at radius 3 is 2.63 bits per heavy atom. The summed E-state index contributed by atoms with van der Waals surface area (Å²) in [6, 6.07) is 2.64. The number of rotatable bonds is 6. The largest absolute Gasteiger partial charge is 0.494 e. The van der Waals surface area contributed by atoms with Crippen LogP contribution in [0.4, 0.5) is 4.39 Å². The highest BCUT2D eigenvalue weighted by molar-refractivity contribution is 5.84. The third-order valence-corrected chi connectivity index (χ3v) is 2.40. The molecule has 0 unspecified atom stereocenters. The lowest BCUT2D eigenvalue weighted by Gasteiger charge is -2.11. The Balaban J connectivity index is 2.67. The highest BCUT2D eigenvalue weighted by atomic mass is 19.1. The molecule has 19 heavy (non-hydrogen) atoms. The Morgan fingerprint density at radius 1 is 1.47 bits per heavy atom. The number of halogens is 1. The number of aliphatic hydroxyl groups is 1. The van der Waals surface area contributed by atoms with Crippen LogP contribution in [0.3, 0.4) is 0 Å². The van der Waals surface area contributed by atoms with Crippen LogP contribution in [0.15, 0.2) is 18.2 Å². The van der Waals surface area contributed by atoms with E-state index in [-0.39, 0.29) is 12.2 Å². The Bertz CT molecular complexity index is 477. The number of hydrogen-bond donors (Lipinski definition) is 3. The Morgan fingerprint density at radius 2 is 2.16 bits per heavy atom. The standard InChI is InChI=1S/C12H14FNO5/c1-19-10-3-2-7(4-8(10)13)5-11(16)14-9(6-15)12(17)18/h2-4,9,15H,5-6H2,1H3,(H,14,16)(H,17,18)/t9-/m1/s1. The van der Waals surface area contributed by atoms with E-state index >= 15 is 0 Å². The summed E-state index contributed by atoms with van der Waals surface area (Å²) in [6.45, 7) is -0.710. The first-order valence-corrected chi connectivity index (χ1v) is 5.43. The Labute approximate surface area is 108 Å². The fraction of sp³-hybridized carbons (Fsp3) is 0.333. The lowest BCUT2D eigenvalue weighted by atomic mass is 10.1. The molecule has 1 atom stereocenters. The fourth-order valence-corrected chi connectivity index (χ4v) is 1.44. The third-order valence-electron chi connectivity index (χ3n) is 2.40. The SMILES string of the molecule is COc1ccc(CC(=O)N[C@H](CO)C(=O)O)cc1F. The van der Waals surface area contributed by atoms with Gasteiger partial charge in [-0.1, -0.05) is 6.07 Å². The van der Waals surface area contributed by atoms with Gasteiger partial charge in [-0.2, -0.15) is 0 Å². The van der Waals surface area contributed by atoms with E-state index in [0.717, 1.165) is 6.07 Å². The summed E-state index contributed by atoms with van der Waals surface area (Å²) in [5, 5.41) is 19.5. The van der Waals surface area contributed by atoms with Crippen molar-refractivity contribution in [3.8, 4) is 5.75 Å². The number of carboxylic acid groups (broad SMARTS) is 1. The van der Waals surface area contributed by atoms with Crippen LogP contribution >= 0.6 is 0 Å². The first-order valence-electron chi connectivity index (χ1n) is 5.43. The number of methoxy groups -OCH3 is 1. The van der Waals surface area contributed by atoms with Gasteiger partial charge < -0.3 is 20.3 Å². The van der Waals surface area contributed by atoms with E-state index in [4.69, 9.17) is 14.9 Å². The number of hydrogen-bond acceptors (Lipinski definition) is 4. The summed E-state index contributed by atoms with van der Waals surface area (Å²) in [6.07, 6.45) is -0.190. The number of aliphatic hydroxyl groups excluding tert-OH is 1. The Kier molecular flexibility index (Phi) is 5.25. The number of ether oxygens (including phenoxy) is 1. The maximum Gasteiger partial charge on any atom is 0.328 e. The van der Waals surface area contributed by atoms with E-state index in [2.05, 4.69) is 5.32 Å². The molecule has 0 spiro atoms. The molecule has 0 heterocycles. The molecule has 0 aliphatic rings. The predicted octanol–water partition coefficient (Wildman–Crippen LogP) is -0.0615. The molecule has 0 fully saturated rings. The first kappa shape index (κ1) is 14.9. The molecule has 0 aliphatic heterocycles. The molecule has 0 radical (unpaired) electrons. The van der Waals surface area contributed by atoms with Crippen molar-refractivity contribution in [2.75, 3.05) is 13.7 Å². The Hall–Kier alpha value is -2.15. The molecule has 1 amide bonds. The van der Waals surface area contributed by atoms with Crippen molar-refractivity contribution in [3.05, 3.63) is 29.6 Å². The van der Waals surface area contributed by atoms with Gasteiger partial charge in [0.1, 0.15) is 6.04 Å². The number of aliphatic carboxylic acids is 1. The number of carboxylic acids is 1. The number of carbonyl (C=O) groups is 2. The molecule has 0 bridgehead atoms. The summed E-state index contributed by atoms with van der Waals surface area (Å²) >= 11 is 0.